The molecule has 3 aromatic rings. The van der Waals surface area contributed by atoms with E-state index in [1.807, 2.05) is 31.9 Å². The molecule has 10 heteroatoms. The smallest absolute Gasteiger partial charge is 0.262 e. The summed E-state index contributed by atoms with van der Waals surface area (Å²) < 4.78 is 15.1. The van der Waals surface area contributed by atoms with E-state index in [2.05, 4.69) is 26.9 Å². The molecule has 3 aliphatic rings. The van der Waals surface area contributed by atoms with Crippen LogP contribution in [-0.4, -0.2) is 59.0 Å². The number of aliphatic hydroxyl groups excluding tert-OH is 1. The van der Waals surface area contributed by atoms with Gasteiger partial charge in [0.1, 0.15) is 17.3 Å². The van der Waals surface area contributed by atoms with Crippen LogP contribution in [0.5, 0.6) is 0 Å². The van der Waals surface area contributed by atoms with Crippen LogP contribution in [0, 0.1) is 23.1 Å². The molecule has 195 valence electrons. The third-order valence-corrected chi connectivity index (χ3v) is 8.65. The van der Waals surface area contributed by atoms with Gasteiger partial charge in [-0.2, -0.15) is 5.10 Å². The second kappa shape index (κ2) is 10.3. The zero-order valence-electron chi connectivity index (χ0n) is 21.6. The van der Waals surface area contributed by atoms with Gasteiger partial charge in [0, 0.05) is 32.4 Å². The van der Waals surface area contributed by atoms with Crippen molar-refractivity contribution in [2.75, 3.05) is 24.2 Å². The Bertz CT molecular complexity index is 1260. The maximum absolute atomic E-state index is 13.4. The molecule has 3 fully saturated rings. The highest BCUT2D eigenvalue weighted by Gasteiger charge is 2.47. The number of nitrogens with zero attached hydrogens (tertiary/aromatic N) is 5. The minimum atomic E-state index is -1.40. The predicted molar refractivity (Wildman–Crippen MR) is 142 cm³/mol. The fourth-order valence-corrected chi connectivity index (χ4v) is 6.74. The van der Waals surface area contributed by atoms with E-state index in [4.69, 9.17) is 4.98 Å². The van der Waals surface area contributed by atoms with E-state index in [0.29, 0.717) is 23.4 Å². The van der Waals surface area contributed by atoms with Gasteiger partial charge in [-0.05, 0) is 60.6 Å². The lowest BCUT2D eigenvalue weighted by Gasteiger charge is -2.53. The first kappa shape index (κ1) is 25.5. The van der Waals surface area contributed by atoms with Crippen LogP contribution in [-0.2, 0) is 13.5 Å². The summed E-state index contributed by atoms with van der Waals surface area (Å²) in [6, 6.07) is 8.73. The molecule has 2 N–H and O–H groups in total. The van der Waals surface area contributed by atoms with Gasteiger partial charge in [-0.15, -0.1) is 0 Å². The van der Waals surface area contributed by atoms with E-state index in [1.54, 1.807) is 29.1 Å². The van der Waals surface area contributed by atoms with Crippen LogP contribution >= 0.6 is 0 Å². The molecule has 0 spiro atoms. The Morgan fingerprint density at radius 2 is 1.97 bits per heavy atom. The third-order valence-electron chi connectivity index (χ3n) is 7.52. The molecule has 1 radical (unpaired) electrons. The second-order valence-electron chi connectivity index (χ2n) is 11.0. The molecule has 4 heterocycles. The molecule has 8 nitrogen and oxygen atoms in total. The van der Waals surface area contributed by atoms with Gasteiger partial charge in [-0.25, -0.2) is 14.4 Å². The number of benzene rings is 1. The standard InChI is InChI=1S/C27H34FN6O2Si/c1-18-9-27(10-19-4-6-22(28)7-5-19)11-20(12-27)15-34(14-18)24-8-23(26(36)32-37(3)17-35)30-25(31-24)21-13-29-33(2)16-21/h4-8,13,16,18,20,35H,9-12,14-15,17H2,1-3H3,(H,32,36). The lowest BCUT2D eigenvalue weighted by atomic mass is 9.55. The molecular weight excluding hydrogens is 487 g/mol. The van der Waals surface area contributed by atoms with Crippen molar-refractivity contribution in [2.24, 2.45) is 24.3 Å². The summed E-state index contributed by atoms with van der Waals surface area (Å²) in [6.07, 6.45) is 7.86. The lowest BCUT2D eigenvalue weighted by molar-refractivity contribution is 0.0227. The first-order valence-corrected chi connectivity index (χ1v) is 15.0. The van der Waals surface area contributed by atoms with Crippen molar-refractivity contribution in [1.29, 1.82) is 0 Å². The molecule has 1 aliphatic carbocycles. The quantitative estimate of drug-likeness (QED) is 0.463. The summed E-state index contributed by atoms with van der Waals surface area (Å²) in [5.41, 5.74) is 2.53. The highest BCUT2D eigenvalue weighted by Crippen LogP contribution is 2.53. The topological polar surface area (TPSA) is 96.2 Å². The molecule has 1 amide bonds. The Morgan fingerprint density at radius 1 is 1.22 bits per heavy atom. The molecule has 37 heavy (non-hydrogen) atoms. The van der Waals surface area contributed by atoms with Crippen molar-refractivity contribution in [2.45, 2.75) is 39.2 Å². The number of halogens is 1. The largest absolute Gasteiger partial charge is 0.398 e. The minimum Gasteiger partial charge on any atom is -0.398 e. The minimum absolute atomic E-state index is 0.0468. The molecule has 2 saturated heterocycles. The van der Waals surface area contributed by atoms with Gasteiger partial charge in [0.15, 0.2) is 14.8 Å². The van der Waals surface area contributed by atoms with Gasteiger partial charge in [-0.1, -0.05) is 25.6 Å². The zero-order chi connectivity index (χ0) is 26.2. The number of aromatic nitrogens is 4. The molecule has 1 aromatic carbocycles. The van der Waals surface area contributed by atoms with Crippen LogP contribution in [0.15, 0.2) is 42.7 Å². The number of fused-ring (bicyclic) bond motifs is 4. The molecule has 2 aromatic heterocycles. The van der Waals surface area contributed by atoms with Crippen molar-refractivity contribution < 1.29 is 14.3 Å². The SMILES string of the molecule is CC1CN(c2cc(C(=O)N[Si](C)CO)nc(-c3cnn(C)c3)n2)CC2CC(Cc3ccc(F)cc3)(C1)C2. The summed E-state index contributed by atoms with van der Waals surface area (Å²) in [4.78, 5) is 27.6. The first-order valence-electron chi connectivity index (χ1n) is 12.8. The van der Waals surface area contributed by atoms with Crippen LogP contribution in [0.3, 0.4) is 0 Å². The summed E-state index contributed by atoms with van der Waals surface area (Å²) in [6.45, 7) is 5.84. The Hall–Kier alpha value is -3.11. The number of nitrogens with one attached hydrogen (secondary N) is 1. The van der Waals surface area contributed by atoms with Crippen LogP contribution in [0.4, 0.5) is 10.2 Å². The highest BCUT2D eigenvalue weighted by molar-refractivity contribution is 6.57. The second-order valence-corrected chi connectivity index (χ2v) is 13.1. The molecule has 1 unspecified atom stereocenters. The molecular formula is C27H34FN6O2Si. The van der Waals surface area contributed by atoms with Crippen LogP contribution in [0.25, 0.3) is 11.4 Å². The number of hydrogen-bond donors (Lipinski definition) is 2. The zero-order valence-corrected chi connectivity index (χ0v) is 22.6. The number of hydrogen-bond acceptors (Lipinski definition) is 6. The number of aliphatic hydroxyl groups is 1. The normalized spacial score (nSPS) is 23.4. The van der Waals surface area contributed by atoms with Crippen LogP contribution in [0.2, 0.25) is 6.55 Å². The molecule has 2 aliphatic heterocycles. The predicted octanol–water partition coefficient (Wildman–Crippen LogP) is 3.38. The molecule has 1 saturated carbocycles. The highest BCUT2D eigenvalue weighted by atomic mass is 28.3. The van der Waals surface area contributed by atoms with E-state index in [1.165, 1.54) is 5.56 Å². The summed E-state index contributed by atoms with van der Waals surface area (Å²) >= 11 is 0. The fraction of sp³-hybridized carbons (Fsp3) is 0.481. The van der Waals surface area contributed by atoms with Gasteiger partial charge in [0.25, 0.3) is 5.91 Å². The van der Waals surface area contributed by atoms with Gasteiger partial charge in [0.2, 0.25) is 0 Å². The van der Waals surface area contributed by atoms with Crippen molar-refractivity contribution in [1.82, 2.24) is 24.7 Å². The van der Waals surface area contributed by atoms with Crippen molar-refractivity contribution in [3.8, 4) is 11.4 Å². The summed E-state index contributed by atoms with van der Waals surface area (Å²) in [5.74, 6) is 1.71. The van der Waals surface area contributed by atoms with Gasteiger partial charge >= 0.3 is 0 Å². The van der Waals surface area contributed by atoms with Crippen LogP contribution < -0.4 is 9.88 Å². The van der Waals surface area contributed by atoms with Gasteiger partial charge in [0.05, 0.1) is 18.0 Å². The summed E-state index contributed by atoms with van der Waals surface area (Å²) in [5, 5.41) is 13.7. The number of anilines is 1. The Kier molecular flexibility index (Phi) is 7.13. The Morgan fingerprint density at radius 3 is 2.65 bits per heavy atom. The average molecular weight is 522 g/mol. The van der Waals surface area contributed by atoms with Crippen LogP contribution in [0.1, 0.15) is 42.2 Å². The van der Waals surface area contributed by atoms with E-state index < -0.39 is 8.96 Å². The monoisotopic (exact) mass is 521 g/mol. The van der Waals surface area contributed by atoms with E-state index >= 15 is 0 Å². The number of carbonyl (C=O) groups is 1. The lowest BCUT2D eigenvalue weighted by Crippen LogP contribution is -2.50. The molecule has 2 bridgehead atoms. The van der Waals surface area contributed by atoms with E-state index in [-0.39, 0.29) is 23.4 Å². The number of rotatable bonds is 7. The third kappa shape index (κ3) is 5.75. The van der Waals surface area contributed by atoms with Crippen molar-refractivity contribution in [3.63, 3.8) is 0 Å². The number of amides is 1. The fourth-order valence-electron chi connectivity index (χ4n) is 6.14. The van der Waals surface area contributed by atoms with E-state index in [9.17, 15) is 14.3 Å². The Balaban J connectivity index is 1.39. The van der Waals surface area contributed by atoms with Gasteiger partial charge in [-0.3, -0.25) is 9.48 Å². The summed E-state index contributed by atoms with van der Waals surface area (Å²) in [7, 11) is 0.440. The Labute approximate surface area is 218 Å². The maximum Gasteiger partial charge on any atom is 0.262 e. The maximum atomic E-state index is 13.4. The van der Waals surface area contributed by atoms with Crippen molar-refractivity contribution >= 4 is 20.7 Å². The molecule has 6 rings (SSSR count). The molecule has 1 atom stereocenters. The number of aryl methyl sites for hydroxylation is 1. The number of carbonyl (C=O) groups excluding carboxylic acids is 1. The van der Waals surface area contributed by atoms with E-state index in [0.717, 1.165) is 50.2 Å². The first-order chi connectivity index (χ1) is 17.7. The average Bonchev–Trinajstić information content (AvgIpc) is 3.28. The van der Waals surface area contributed by atoms with Gasteiger partial charge < -0.3 is 15.0 Å². The van der Waals surface area contributed by atoms with Crippen molar-refractivity contribution in [3.05, 3.63) is 59.8 Å².